The average molecular weight is 429 g/mol. The number of benzene rings is 2. The van der Waals surface area contributed by atoms with E-state index in [1.165, 1.54) is 5.56 Å². The fourth-order valence-corrected chi connectivity index (χ4v) is 5.61. The van der Waals surface area contributed by atoms with Crippen LogP contribution in [0.4, 0.5) is 5.69 Å². The molecule has 1 heterocycles. The third kappa shape index (κ3) is 5.49. The van der Waals surface area contributed by atoms with Gasteiger partial charge in [-0.05, 0) is 68.9 Å². The summed E-state index contributed by atoms with van der Waals surface area (Å²) >= 11 is 0. The van der Waals surface area contributed by atoms with Crippen LogP contribution in [-0.2, 0) is 21.2 Å². The van der Waals surface area contributed by atoms with E-state index in [2.05, 4.69) is 17.4 Å². The van der Waals surface area contributed by atoms with Gasteiger partial charge in [0.15, 0.2) is 0 Å². The third-order valence-electron chi connectivity index (χ3n) is 5.71. The van der Waals surface area contributed by atoms with E-state index in [0.29, 0.717) is 30.8 Å². The largest absolute Gasteiger partial charge is 0.326 e. The summed E-state index contributed by atoms with van der Waals surface area (Å²) in [6.07, 6.45) is 4.95. The van der Waals surface area contributed by atoms with E-state index >= 15 is 0 Å². The molecule has 0 aliphatic carbocycles. The van der Waals surface area contributed by atoms with Crippen LogP contribution in [0, 0.1) is 20.8 Å². The first kappa shape index (κ1) is 22.5. The molecule has 162 valence electrons. The van der Waals surface area contributed by atoms with Crippen LogP contribution in [0.1, 0.15) is 54.4 Å². The van der Waals surface area contributed by atoms with Crippen LogP contribution in [-0.4, -0.2) is 31.7 Å². The first-order valence-electron chi connectivity index (χ1n) is 10.7. The van der Waals surface area contributed by atoms with Crippen LogP contribution < -0.4 is 5.32 Å². The molecule has 0 spiro atoms. The van der Waals surface area contributed by atoms with Crippen LogP contribution in [0.25, 0.3) is 0 Å². The molecule has 1 amide bonds. The number of anilines is 1. The molecule has 0 saturated carbocycles. The van der Waals surface area contributed by atoms with Gasteiger partial charge in [-0.25, -0.2) is 8.42 Å². The minimum absolute atomic E-state index is 0.0358. The highest BCUT2D eigenvalue weighted by atomic mass is 32.2. The average Bonchev–Trinajstić information content (AvgIpc) is 2.99. The Bertz CT molecular complexity index is 967. The van der Waals surface area contributed by atoms with Crippen LogP contribution in [0.3, 0.4) is 0 Å². The maximum absolute atomic E-state index is 12.9. The number of sulfonamides is 1. The Hall–Kier alpha value is -2.18. The van der Waals surface area contributed by atoms with Gasteiger partial charge in [-0.15, -0.1) is 0 Å². The smallest absolute Gasteiger partial charge is 0.243 e. The van der Waals surface area contributed by atoms with Gasteiger partial charge in [0.25, 0.3) is 0 Å². The van der Waals surface area contributed by atoms with Crippen molar-refractivity contribution in [2.45, 2.75) is 64.2 Å². The van der Waals surface area contributed by atoms with Crippen molar-refractivity contribution in [3.05, 3.63) is 58.7 Å². The highest BCUT2D eigenvalue weighted by molar-refractivity contribution is 7.89. The molecule has 0 aromatic heterocycles. The minimum Gasteiger partial charge on any atom is -0.326 e. The van der Waals surface area contributed by atoms with E-state index in [9.17, 15) is 13.2 Å². The number of nitrogens with zero attached hydrogens (tertiary/aromatic N) is 1. The fourth-order valence-electron chi connectivity index (χ4n) is 4.10. The monoisotopic (exact) mass is 428 g/mol. The van der Waals surface area contributed by atoms with E-state index in [4.69, 9.17) is 0 Å². The molecule has 0 radical (unpaired) electrons. The van der Waals surface area contributed by atoms with Crippen LogP contribution in [0.15, 0.2) is 41.3 Å². The topological polar surface area (TPSA) is 66.5 Å². The quantitative estimate of drug-likeness (QED) is 0.722. The van der Waals surface area contributed by atoms with Crippen molar-refractivity contribution in [3.63, 3.8) is 0 Å². The van der Waals surface area contributed by atoms with Crippen LogP contribution in [0.5, 0.6) is 0 Å². The zero-order valence-corrected chi connectivity index (χ0v) is 19.0. The summed E-state index contributed by atoms with van der Waals surface area (Å²) in [7, 11) is -3.43. The minimum atomic E-state index is -3.43. The standard InChI is InChI=1S/C24H32N2O3S/c1-18-16-19(2)24(20(3)17-18)25-23(27)13-10-21-8-11-22(12-9-21)30(28,29)26-14-6-4-5-7-15-26/h8-9,11-12,16-17H,4-7,10,13-15H2,1-3H3,(H,25,27). The van der Waals surface area contributed by atoms with Gasteiger partial charge < -0.3 is 5.32 Å². The number of hydrogen-bond acceptors (Lipinski definition) is 3. The second-order valence-electron chi connectivity index (χ2n) is 8.28. The molecule has 0 bridgehead atoms. The third-order valence-corrected chi connectivity index (χ3v) is 7.62. The van der Waals surface area contributed by atoms with Crippen LogP contribution in [0.2, 0.25) is 0 Å². The molecular weight excluding hydrogens is 396 g/mol. The number of aryl methyl sites for hydroxylation is 4. The Kier molecular flexibility index (Phi) is 7.32. The predicted molar refractivity (Wildman–Crippen MR) is 121 cm³/mol. The van der Waals surface area contributed by atoms with Gasteiger partial charge in [0, 0.05) is 25.2 Å². The normalized spacial score (nSPS) is 15.6. The van der Waals surface area contributed by atoms with Crippen molar-refractivity contribution < 1.29 is 13.2 Å². The summed E-state index contributed by atoms with van der Waals surface area (Å²) < 4.78 is 27.3. The van der Waals surface area contributed by atoms with E-state index in [0.717, 1.165) is 48.1 Å². The number of carbonyl (C=O) groups is 1. The SMILES string of the molecule is Cc1cc(C)c(NC(=O)CCc2ccc(S(=O)(=O)N3CCCCCC3)cc2)c(C)c1. The number of nitrogens with one attached hydrogen (secondary N) is 1. The molecule has 1 aliphatic rings. The molecular formula is C24H32N2O3S. The van der Waals surface area contributed by atoms with Gasteiger partial charge in [-0.1, -0.05) is 42.7 Å². The Morgan fingerprint density at radius 2 is 1.50 bits per heavy atom. The Morgan fingerprint density at radius 1 is 0.933 bits per heavy atom. The lowest BCUT2D eigenvalue weighted by Gasteiger charge is -2.20. The maximum Gasteiger partial charge on any atom is 0.243 e. The zero-order chi connectivity index (χ0) is 21.7. The van der Waals surface area contributed by atoms with Gasteiger partial charge in [0.05, 0.1) is 4.90 Å². The van der Waals surface area contributed by atoms with Crippen LogP contribution >= 0.6 is 0 Å². The maximum atomic E-state index is 12.9. The second-order valence-corrected chi connectivity index (χ2v) is 10.2. The molecule has 1 fully saturated rings. The number of amides is 1. The summed E-state index contributed by atoms with van der Waals surface area (Å²) in [5.74, 6) is -0.0358. The Morgan fingerprint density at radius 3 is 2.07 bits per heavy atom. The van der Waals surface area contributed by atoms with Crippen molar-refractivity contribution >= 4 is 21.6 Å². The molecule has 5 nitrogen and oxygen atoms in total. The van der Waals surface area contributed by atoms with Crippen molar-refractivity contribution in [1.82, 2.24) is 4.31 Å². The zero-order valence-electron chi connectivity index (χ0n) is 18.2. The molecule has 1 saturated heterocycles. The summed E-state index contributed by atoms with van der Waals surface area (Å²) in [6, 6.07) is 11.1. The first-order chi connectivity index (χ1) is 14.3. The lowest BCUT2D eigenvalue weighted by Crippen LogP contribution is -2.31. The van der Waals surface area contributed by atoms with Gasteiger partial charge >= 0.3 is 0 Å². The lowest BCUT2D eigenvalue weighted by molar-refractivity contribution is -0.116. The molecule has 6 heteroatoms. The summed E-state index contributed by atoms with van der Waals surface area (Å²) in [6.45, 7) is 7.24. The molecule has 0 unspecified atom stereocenters. The molecule has 2 aromatic rings. The van der Waals surface area contributed by atoms with Crippen molar-refractivity contribution in [1.29, 1.82) is 0 Å². The lowest BCUT2D eigenvalue weighted by atomic mass is 10.0. The molecule has 0 atom stereocenters. The van der Waals surface area contributed by atoms with E-state index in [-0.39, 0.29) is 5.91 Å². The van der Waals surface area contributed by atoms with E-state index < -0.39 is 10.0 Å². The Labute approximate surface area is 180 Å². The van der Waals surface area contributed by atoms with Gasteiger partial charge in [0.1, 0.15) is 0 Å². The highest BCUT2D eigenvalue weighted by Gasteiger charge is 2.24. The molecule has 3 rings (SSSR count). The van der Waals surface area contributed by atoms with Gasteiger partial charge in [0.2, 0.25) is 15.9 Å². The molecule has 1 N–H and O–H groups in total. The van der Waals surface area contributed by atoms with Crippen molar-refractivity contribution in [2.75, 3.05) is 18.4 Å². The van der Waals surface area contributed by atoms with Crippen molar-refractivity contribution in [2.24, 2.45) is 0 Å². The summed E-state index contributed by atoms with van der Waals surface area (Å²) in [5.41, 5.74) is 5.13. The second kappa shape index (κ2) is 9.75. The molecule has 2 aromatic carbocycles. The molecule has 30 heavy (non-hydrogen) atoms. The fraction of sp³-hybridized carbons (Fsp3) is 0.458. The van der Waals surface area contributed by atoms with E-state index in [1.807, 2.05) is 32.9 Å². The number of hydrogen-bond donors (Lipinski definition) is 1. The molecule has 1 aliphatic heterocycles. The van der Waals surface area contributed by atoms with Gasteiger partial charge in [-0.3, -0.25) is 4.79 Å². The number of rotatable bonds is 6. The highest BCUT2D eigenvalue weighted by Crippen LogP contribution is 2.23. The van der Waals surface area contributed by atoms with E-state index in [1.54, 1.807) is 16.4 Å². The number of carbonyl (C=O) groups excluding carboxylic acids is 1. The van der Waals surface area contributed by atoms with Crippen molar-refractivity contribution in [3.8, 4) is 0 Å². The Balaban J connectivity index is 1.60. The summed E-state index contributed by atoms with van der Waals surface area (Å²) in [4.78, 5) is 12.8. The first-order valence-corrected chi connectivity index (χ1v) is 12.2. The van der Waals surface area contributed by atoms with Gasteiger partial charge in [-0.2, -0.15) is 4.31 Å². The predicted octanol–water partition coefficient (Wildman–Crippen LogP) is 4.75. The summed E-state index contributed by atoms with van der Waals surface area (Å²) in [5, 5.41) is 3.02.